The molecule has 0 aliphatic heterocycles. The molecule has 0 bridgehead atoms. The second kappa shape index (κ2) is 6.33. The van der Waals surface area contributed by atoms with Gasteiger partial charge in [0.25, 0.3) is 0 Å². The van der Waals surface area contributed by atoms with Gasteiger partial charge in [0.1, 0.15) is 0 Å². The van der Waals surface area contributed by atoms with E-state index in [0.29, 0.717) is 27.4 Å². The molecule has 0 aromatic heterocycles. The number of carbonyl (C=O) groups is 1. The SMILES string of the molecule is COC(=O)c1ccccc1/C(N)=C(\Cl)c1ccccc1N. The molecule has 108 valence electrons. The minimum atomic E-state index is -0.473. The molecule has 0 radical (unpaired) electrons. The largest absolute Gasteiger partial charge is 0.465 e. The van der Waals surface area contributed by atoms with Crippen LogP contribution in [0.1, 0.15) is 21.5 Å². The van der Waals surface area contributed by atoms with Crippen LogP contribution in [0.2, 0.25) is 0 Å². The molecule has 0 heterocycles. The van der Waals surface area contributed by atoms with Gasteiger partial charge in [0.15, 0.2) is 0 Å². The van der Waals surface area contributed by atoms with Crippen molar-refractivity contribution in [3.8, 4) is 0 Å². The van der Waals surface area contributed by atoms with Crippen molar-refractivity contribution in [3.05, 3.63) is 65.2 Å². The van der Waals surface area contributed by atoms with Crippen LogP contribution >= 0.6 is 11.6 Å². The van der Waals surface area contributed by atoms with Crippen LogP contribution in [0.4, 0.5) is 5.69 Å². The minimum Gasteiger partial charge on any atom is -0.465 e. The van der Waals surface area contributed by atoms with E-state index in [1.54, 1.807) is 36.4 Å². The van der Waals surface area contributed by atoms with E-state index in [9.17, 15) is 4.79 Å². The number of carbonyl (C=O) groups excluding carboxylic acids is 1. The third-order valence-electron chi connectivity index (χ3n) is 3.06. The summed E-state index contributed by atoms with van der Waals surface area (Å²) in [6.45, 7) is 0. The van der Waals surface area contributed by atoms with Crippen LogP contribution in [-0.2, 0) is 4.74 Å². The van der Waals surface area contributed by atoms with Crippen LogP contribution in [-0.4, -0.2) is 13.1 Å². The molecule has 2 aromatic rings. The summed E-state index contributed by atoms with van der Waals surface area (Å²) in [6, 6.07) is 14.0. The van der Waals surface area contributed by atoms with Gasteiger partial charge in [-0.2, -0.15) is 0 Å². The zero-order valence-electron chi connectivity index (χ0n) is 11.5. The molecular formula is C16H15ClN2O2. The monoisotopic (exact) mass is 302 g/mol. The molecule has 4 N–H and O–H groups in total. The lowest BCUT2D eigenvalue weighted by molar-refractivity contribution is 0.0600. The lowest BCUT2D eigenvalue weighted by Crippen LogP contribution is -2.09. The molecule has 0 saturated carbocycles. The van der Waals surface area contributed by atoms with Gasteiger partial charge < -0.3 is 16.2 Å². The van der Waals surface area contributed by atoms with Crippen molar-refractivity contribution < 1.29 is 9.53 Å². The van der Waals surface area contributed by atoms with Gasteiger partial charge in [0.05, 0.1) is 23.4 Å². The number of esters is 1. The Bertz CT molecular complexity index is 711. The highest BCUT2D eigenvalue weighted by Gasteiger charge is 2.16. The number of hydrogen-bond acceptors (Lipinski definition) is 4. The first-order valence-electron chi connectivity index (χ1n) is 6.24. The molecule has 2 rings (SSSR count). The van der Waals surface area contributed by atoms with E-state index in [4.69, 9.17) is 27.8 Å². The predicted octanol–water partition coefficient (Wildman–Crippen LogP) is 3.08. The van der Waals surface area contributed by atoms with Crippen molar-refractivity contribution >= 4 is 34.0 Å². The Morgan fingerprint density at radius 2 is 1.52 bits per heavy atom. The maximum Gasteiger partial charge on any atom is 0.338 e. The third-order valence-corrected chi connectivity index (χ3v) is 3.46. The summed E-state index contributed by atoms with van der Waals surface area (Å²) in [5, 5.41) is 0.296. The molecule has 0 unspecified atom stereocenters. The summed E-state index contributed by atoms with van der Waals surface area (Å²) in [4.78, 5) is 11.8. The Kier molecular flexibility index (Phi) is 4.50. The fraction of sp³-hybridized carbons (Fsp3) is 0.0625. The van der Waals surface area contributed by atoms with Gasteiger partial charge in [-0.25, -0.2) is 4.79 Å². The molecule has 0 amide bonds. The predicted molar refractivity (Wildman–Crippen MR) is 85.5 cm³/mol. The van der Waals surface area contributed by atoms with Gasteiger partial charge in [0.2, 0.25) is 0 Å². The zero-order valence-corrected chi connectivity index (χ0v) is 12.2. The normalized spacial score (nSPS) is 11.7. The van der Waals surface area contributed by atoms with Crippen LogP contribution in [0.25, 0.3) is 10.7 Å². The molecule has 2 aromatic carbocycles. The number of halogens is 1. The average molecular weight is 303 g/mol. The highest BCUT2D eigenvalue weighted by Crippen LogP contribution is 2.31. The van der Waals surface area contributed by atoms with Gasteiger partial charge in [-0.05, 0) is 12.1 Å². The summed E-state index contributed by atoms with van der Waals surface area (Å²) in [5.74, 6) is -0.473. The Morgan fingerprint density at radius 3 is 2.10 bits per heavy atom. The second-order valence-electron chi connectivity index (χ2n) is 4.35. The quantitative estimate of drug-likeness (QED) is 0.519. The van der Waals surface area contributed by atoms with E-state index in [1.807, 2.05) is 12.1 Å². The first kappa shape index (κ1) is 14.9. The highest BCUT2D eigenvalue weighted by molar-refractivity contribution is 6.53. The summed E-state index contributed by atoms with van der Waals surface area (Å²) in [6.07, 6.45) is 0. The first-order chi connectivity index (χ1) is 10.1. The van der Waals surface area contributed by atoms with E-state index in [-0.39, 0.29) is 5.70 Å². The molecule has 0 spiro atoms. The van der Waals surface area contributed by atoms with E-state index < -0.39 is 5.97 Å². The zero-order chi connectivity index (χ0) is 15.4. The summed E-state index contributed by atoms with van der Waals surface area (Å²) in [5.41, 5.74) is 14.3. The number of ether oxygens (including phenoxy) is 1. The molecule has 21 heavy (non-hydrogen) atoms. The number of hydrogen-bond donors (Lipinski definition) is 2. The molecule has 5 heteroatoms. The Hall–Kier alpha value is -2.46. The van der Waals surface area contributed by atoms with E-state index in [1.165, 1.54) is 7.11 Å². The van der Waals surface area contributed by atoms with Gasteiger partial charge in [-0.1, -0.05) is 48.0 Å². The van der Waals surface area contributed by atoms with Crippen molar-refractivity contribution in [1.82, 2.24) is 0 Å². The average Bonchev–Trinajstić information content (AvgIpc) is 2.53. The second-order valence-corrected chi connectivity index (χ2v) is 4.73. The number of methoxy groups -OCH3 is 1. The van der Waals surface area contributed by atoms with Crippen molar-refractivity contribution in [2.45, 2.75) is 0 Å². The van der Waals surface area contributed by atoms with Gasteiger partial charge in [-0.15, -0.1) is 0 Å². The van der Waals surface area contributed by atoms with Gasteiger partial charge >= 0.3 is 5.97 Å². The summed E-state index contributed by atoms with van der Waals surface area (Å²) in [7, 11) is 1.32. The molecular weight excluding hydrogens is 288 g/mol. The molecule has 0 saturated heterocycles. The number of rotatable bonds is 3. The van der Waals surface area contributed by atoms with Crippen LogP contribution in [0.5, 0.6) is 0 Å². The highest BCUT2D eigenvalue weighted by atomic mass is 35.5. The topological polar surface area (TPSA) is 78.3 Å². The molecule has 0 fully saturated rings. The van der Waals surface area contributed by atoms with E-state index in [2.05, 4.69) is 0 Å². The van der Waals surface area contributed by atoms with Crippen molar-refractivity contribution in [3.63, 3.8) is 0 Å². The maximum atomic E-state index is 11.8. The fourth-order valence-electron chi connectivity index (χ4n) is 1.97. The molecule has 4 nitrogen and oxygen atoms in total. The summed E-state index contributed by atoms with van der Waals surface area (Å²) < 4.78 is 4.75. The van der Waals surface area contributed by atoms with Gasteiger partial charge in [0, 0.05) is 16.8 Å². The van der Waals surface area contributed by atoms with Crippen molar-refractivity contribution in [1.29, 1.82) is 0 Å². The van der Waals surface area contributed by atoms with Crippen LogP contribution < -0.4 is 11.5 Å². The third kappa shape index (κ3) is 3.01. The fourth-order valence-corrected chi connectivity index (χ4v) is 2.24. The first-order valence-corrected chi connectivity index (χ1v) is 6.62. The number of nitrogens with two attached hydrogens (primary N) is 2. The van der Waals surface area contributed by atoms with Crippen LogP contribution in [0.15, 0.2) is 48.5 Å². The number of para-hydroxylation sites is 1. The maximum absolute atomic E-state index is 11.8. The number of nitrogen functional groups attached to an aromatic ring is 1. The smallest absolute Gasteiger partial charge is 0.338 e. The van der Waals surface area contributed by atoms with Crippen LogP contribution in [0, 0.1) is 0 Å². The standard InChI is InChI=1S/C16H15ClN2O2/c1-21-16(20)11-7-3-2-6-10(11)15(19)14(17)12-8-4-5-9-13(12)18/h2-9H,18-19H2,1H3/b15-14+. The van der Waals surface area contributed by atoms with E-state index in [0.717, 1.165) is 0 Å². The minimum absolute atomic E-state index is 0.274. The Balaban J connectivity index is 2.59. The van der Waals surface area contributed by atoms with Crippen molar-refractivity contribution in [2.24, 2.45) is 5.73 Å². The number of anilines is 1. The lowest BCUT2D eigenvalue weighted by atomic mass is 10.0. The summed E-state index contributed by atoms with van der Waals surface area (Å²) >= 11 is 6.34. The number of benzene rings is 2. The van der Waals surface area contributed by atoms with Crippen LogP contribution in [0.3, 0.4) is 0 Å². The molecule has 0 aliphatic rings. The Labute approximate surface area is 128 Å². The lowest BCUT2D eigenvalue weighted by Gasteiger charge is -2.11. The molecule has 0 atom stereocenters. The van der Waals surface area contributed by atoms with Crippen molar-refractivity contribution in [2.75, 3.05) is 12.8 Å². The van der Waals surface area contributed by atoms with E-state index >= 15 is 0 Å². The Morgan fingerprint density at radius 1 is 1.00 bits per heavy atom. The molecule has 0 aliphatic carbocycles. The van der Waals surface area contributed by atoms with Gasteiger partial charge in [-0.3, -0.25) is 0 Å².